The molecule has 4 nitrogen and oxygen atoms in total. The minimum atomic E-state index is 0.153. The summed E-state index contributed by atoms with van der Waals surface area (Å²) >= 11 is 0. The Morgan fingerprint density at radius 2 is 2.38 bits per heavy atom. The number of fused-ring (bicyclic) bond motifs is 1. The van der Waals surface area contributed by atoms with E-state index < -0.39 is 0 Å². The Bertz CT molecular complexity index is 375. The SMILES string of the molecule is CC(C)c1noc(C23CCCC2CNC3)n1. The van der Waals surface area contributed by atoms with Gasteiger partial charge in [0.15, 0.2) is 5.82 Å². The van der Waals surface area contributed by atoms with Crippen molar-refractivity contribution in [2.45, 2.75) is 44.4 Å². The van der Waals surface area contributed by atoms with Crippen molar-refractivity contribution in [1.82, 2.24) is 15.5 Å². The molecule has 2 fully saturated rings. The summed E-state index contributed by atoms with van der Waals surface area (Å²) in [7, 11) is 0. The molecule has 1 N–H and O–H groups in total. The van der Waals surface area contributed by atoms with Gasteiger partial charge in [0.05, 0.1) is 5.41 Å². The molecule has 0 amide bonds. The van der Waals surface area contributed by atoms with Gasteiger partial charge in [-0.15, -0.1) is 0 Å². The molecular weight excluding hydrogens is 202 g/mol. The van der Waals surface area contributed by atoms with Crippen LogP contribution in [-0.2, 0) is 5.41 Å². The molecule has 2 atom stereocenters. The quantitative estimate of drug-likeness (QED) is 0.827. The van der Waals surface area contributed by atoms with Crippen molar-refractivity contribution in [3.63, 3.8) is 0 Å². The molecule has 0 radical (unpaired) electrons. The van der Waals surface area contributed by atoms with Gasteiger partial charge >= 0.3 is 0 Å². The van der Waals surface area contributed by atoms with Crippen molar-refractivity contribution in [3.05, 3.63) is 11.7 Å². The minimum absolute atomic E-state index is 0.153. The lowest BCUT2D eigenvalue weighted by Gasteiger charge is -2.22. The Balaban J connectivity index is 1.95. The molecule has 0 spiro atoms. The number of hydrogen-bond acceptors (Lipinski definition) is 4. The molecular formula is C12H19N3O. The van der Waals surface area contributed by atoms with Crippen LogP contribution >= 0.6 is 0 Å². The van der Waals surface area contributed by atoms with Crippen molar-refractivity contribution < 1.29 is 4.52 Å². The molecule has 16 heavy (non-hydrogen) atoms. The lowest BCUT2D eigenvalue weighted by atomic mass is 9.80. The summed E-state index contributed by atoms with van der Waals surface area (Å²) in [6.45, 7) is 6.33. The molecule has 0 aromatic carbocycles. The topological polar surface area (TPSA) is 51.0 Å². The standard InChI is InChI=1S/C12H19N3O/c1-8(2)10-14-11(16-15-10)12-5-3-4-9(12)6-13-7-12/h8-9,13H,3-7H2,1-2H3. The molecule has 88 valence electrons. The average Bonchev–Trinajstić information content (AvgIpc) is 2.91. The van der Waals surface area contributed by atoms with Crippen LogP contribution in [0.25, 0.3) is 0 Å². The summed E-state index contributed by atoms with van der Waals surface area (Å²) in [5.74, 6) is 2.78. The van der Waals surface area contributed by atoms with Gasteiger partial charge in [-0.05, 0) is 25.3 Å². The van der Waals surface area contributed by atoms with Crippen molar-refractivity contribution >= 4 is 0 Å². The van der Waals surface area contributed by atoms with E-state index in [1.807, 2.05) is 0 Å². The fourth-order valence-corrected chi connectivity index (χ4v) is 3.17. The highest BCUT2D eigenvalue weighted by atomic mass is 16.5. The normalized spacial score (nSPS) is 33.6. The van der Waals surface area contributed by atoms with Crippen LogP contribution in [0, 0.1) is 5.92 Å². The second kappa shape index (κ2) is 3.55. The van der Waals surface area contributed by atoms with E-state index in [2.05, 4.69) is 29.3 Å². The van der Waals surface area contributed by atoms with Gasteiger partial charge < -0.3 is 9.84 Å². The minimum Gasteiger partial charge on any atom is -0.339 e. The second-order valence-corrected chi connectivity index (χ2v) is 5.49. The molecule has 0 bridgehead atoms. The largest absolute Gasteiger partial charge is 0.339 e. The molecule has 1 aromatic heterocycles. The summed E-state index contributed by atoms with van der Waals surface area (Å²) in [6.07, 6.45) is 3.79. The first-order valence-corrected chi connectivity index (χ1v) is 6.27. The van der Waals surface area contributed by atoms with Gasteiger partial charge in [0.2, 0.25) is 5.89 Å². The highest BCUT2D eigenvalue weighted by Crippen LogP contribution is 2.47. The summed E-state index contributed by atoms with van der Waals surface area (Å²) in [5, 5.41) is 7.58. The van der Waals surface area contributed by atoms with E-state index in [9.17, 15) is 0 Å². The van der Waals surface area contributed by atoms with Crippen molar-refractivity contribution in [1.29, 1.82) is 0 Å². The first kappa shape index (κ1) is 10.3. The highest BCUT2D eigenvalue weighted by molar-refractivity contribution is 5.17. The van der Waals surface area contributed by atoms with E-state index in [0.29, 0.717) is 11.8 Å². The van der Waals surface area contributed by atoms with Crippen LogP contribution in [0.1, 0.15) is 50.7 Å². The van der Waals surface area contributed by atoms with Gasteiger partial charge in [-0.2, -0.15) is 4.98 Å². The Morgan fingerprint density at radius 1 is 1.50 bits per heavy atom. The van der Waals surface area contributed by atoms with Crippen molar-refractivity contribution in [2.24, 2.45) is 5.92 Å². The maximum atomic E-state index is 5.51. The predicted molar refractivity (Wildman–Crippen MR) is 60.3 cm³/mol. The first-order valence-electron chi connectivity index (χ1n) is 6.27. The van der Waals surface area contributed by atoms with Crippen LogP contribution in [0.3, 0.4) is 0 Å². The average molecular weight is 221 g/mol. The van der Waals surface area contributed by atoms with E-state index >= 15 is 0 Å². The number of nitrogens with zero attached hydrogens (tertiary/aromatic N) is 2. The number of hydrogen-bond donors (Lipinski definition) is 1. The van der Waals surface area contributed by atoms with Gasteiger partial charge in [-0.1, -0.05) is 25.4 Å². The molecule has 1 saturated heterocycles. The van der Waals surface area contributed by atoms with E-state index in [4.69, 9.17) is 4.52 Å². The molecule has 3 rings (SSSR count). The molecule has 1 aliphatic carbocycles. The zero-order valence-electron chi connectivity index (χ0n) is 9.99. The monoisotopic (exact) mass is 221 g/mol. The summed E-state index contributed by atoms with van der Waals surface area (Å²) in [6, 6.07) is 0. The summed E-state index contributed by atoms with van der Waals surface area (Å²) in [5.41, 5.74) is 0.153. The molecule has 4 heteroatoms. The van der Waals surface area contributed by atoms with Crippen LogP contribution in [0.4, 0.5) is 0 Å². The Morgan fingerprint density at radius 3 is 3.12 bits per heavy atom. The fourth-order valence-electron chi connectivity index (χ4n) is 3.17. The molecule has 1 aromatic rings. The third-order valence-corrected chi connectivity index (χ3v) is 4.17. The number of aromatic nitrogens is 2. The lowest BCUT2D eigenvalue weighted by molar-refractivity contribution is 0.264. The van der Waals surface area contributed by atoms with Gasteiger partial charge in [-0.3, -0.25) is 0 Å². The van der Waals surface area contributed by atoms with Gasteiger partial charge in [0.1, 0.15) is 0 Å². The van der Waals surface area contributed by atoms with E-state index in [1.165, 1.54) is 19.3 Å². The maximum Gasteiger partial charge on any atom is 0.234 e. The predicted octanol–water partition coefficient (Wildman–Crippen LogP) is 1.83. The Hall–Kier alpha value is -0.900. The number of nitrogens with one attached hydrogen (secondary N) is 1. The third-order valence-electron chi connectivity index (χ3n) is 4.17. The number of rotatable bonds is 2. The summed E-state index contributed by atoms with van der Waals surface area (Å²) in [4.78, 5) is 4.61. The highest BCUT2D eigenvalue weighted by Gasteiger charge is 2.51. The van der Waals surface area contributed by atoms with Gasteiger partial charge in [0, 0.05) is 12.5 Å². The summed E-state index contributed by atoms with van der Waals surface area (Å²) < 4.78 is 5.51. The van der Waals surface area contributed by atoms with Gasteiger partial charge in [0.25, 0.3) is 0 Å². The van der Waals surface area contributed by atoms with Crippen LogP contribution in [-0.4, -0.2) is 23.2 Å². The van der Waals surface area contributed by atoms with Gasteiger partial charge in [-0.25, -0.2) is 0 Å². The second-order valence-electron chi connectivity index (χ2n) is 5.49. The molecule has 2 heterocycles. The van der Waals surface area contributed by atoms with Crippen LogP contribution < -0.4 is 5.32 Å². The first-order chi connectivity index (χ1) is 7.72. The molecule has 2 aliphatic rings. The molecule has 1 saturated carbocycles. The molecule has 1 aliphatic heterocycles. The van der Waals surface area contributed by atoms with E-state index in [1.54, 1.807) is 0 Å². The van der Waals surface area contributed by atoms with Crippen LogP contribution in [0.15, 0.2) is 4.52 Å². The van der Waals surface area contributed by atoms with E-state index in [-0.39, 0.29) is 5.41 Å². The van der Waals surface area contributed by atoms with Crippen LogP contribution in [0.5, 0.6) is 0 Å². The van der Waals surface area contributed by atoms with Crippen LogP contribution in [0.2, 0.25) is 0 Å². The van der Waals surface area contributed by atoms with Crippen molar-refractivity contribution in [2.75, 3.05) is 13.1 Å². The zero-order valence-corrected chi connectivity index (χ0v) is 9.99. The third kappa shape index (κ3) is 1.32. The Labute approximate surface area is 95.8 Å². The van der Waals surface area contributed by atoms with E-state index in [0.717, 1.165) is 24.8 Å². The van der Waals surface area contributed by atoms with Crippen molar-refractivity contribution in [3.8, 4) is 0 Å². The smallest absolute Gasteiger partial charge is 0.234 e. The lowest BCUT2D eigenvalue weighted by Crippen LogP contribution is -2.31. The Kier molecular flexibility index (Phi) is 2.28. The fraction of sp³-hybridized carbons (Fsp3) is 0.833. The zero-order chi connectivity index (χ0) is 11.2. The maximum absolute atomic E-state index is 5.51. The molecule has 2 unspecified atom stereocenters.